The van der Waals surface area contributed by atoms with E-state index in [9.17, 15) is 0 Å². The van der Waals surface area contributed by atoms with E-state index >= 15 is 0 Å². The van der Waals surface area contributed by atoms with Crippen molar-refractivity contribution >= 4 is 34.8 Å². The Morgan fingerprint density at radius 2 is 1.59 bits per heavy atom. The van der Waals surface area contributed by atoms with Gasteiger partial charge < -0.3 is 9.47 Å². The van der Waals surface area contributed by atoms with Crippen LogP contribution in [0.4, 0.5) is 0 Å². The molecular formula is C12H15Cl3O2. The molecule has 0 saturated carbocycles. The maximum atomic E-state index is 5.98. The predicted octanol–water partition coefficient (Wildman–Crippen LogP) is 5.04. The zero-order chi connectivity index (χ0) is 13.0. The number of rotatable bonds is 5. The maximum Gasteiger partial charge on any atom is 0.197 e. The largest absolute Gasteiger partial charge is 0.464 e. The molecule has 0 spiro atoms. The van der Waals surface area contributed by atoms with Crippen molar-refractivity contribution in [2.24, 2.45) is 5.92 Å². The molecule has 17 heavy (non-hydrogen) atoms. The Kier molecular flexibility index (Phi) is 5.87. The quantitative estimate of drug-likeness (QED) is 0.559. The molecule has 0 radical (unpaired) electrons. The number of hydrogen-bond donors (Lipinski definition) is 0. The highest BCUT2D eigenvalue weighted by Gasteiger charge is 2.11. The van der Waals surface area contributed by atoms with Crippen LogP contribution in [0.5, 0.6) is 5.75 Å². The molecule has 0 saturated heterocycles. The SMILES string of the molecule is CC(C)COC(C)Oc1cc(Cl)c(Cl)cc1Cl. The van der Waals surface area contributed by atoms with Gasteiger partial charge in [0.1, 0.15) is 5.75 Å². The molecule has 0 heterocycles. The fourth-order valence-corrected chi connectivity index (χ4v) is 1.72. The summed E-state index contributed by atoms with van der Waals surface area (Å²) in [7, 11) is 0. The topological polar surface area (TPSA) is 18.5 Å². The van der Waals surface area contributed by atoms with E-state index in [0.29, 0.717) is 33.3 Å². The Hall–Kier alpha value is -0.150. The first kappa shape index (κ1) is 14.9. The normalized spacial score (nSPS) is 12.9. The summed E-state index contributed by atoms with van der Waals surface area (Å²) < 4.78 is 11.0. The van der Waals surface area contributed by atoms with Crippen LogP contribution in [-0.2, 0) is 4.74 Å². The highest BCUT2D eigenvalue weighted by molar-refractivity contribution is 6.43. The highest BCUT2D eigenvalue weighted by atomic mass is 35.5. The Balaban J connectivity index is 2.65. The van der Waals surface area contributed by atoms with Crippen LogP contribution in [0.25, 0.3) is 0 Å². The molecule has 0 bridgehead atoms. The average molecular weight is 298 g/mol. The van der Waals surface area contributed by atoms with Crippen molar-refractivity contribution in [3.05, 3.63) is 27.2 Å². The Bertz CT molecular complexity index is 380. The van der Waals surface area contributed by atoms with Gasteiger partial charge in [0.2, 0.25) is 0 Å². The molecule has 0 N–H and O–H groups in total. The first-order valence-electron chi connectivity index (χ1n) is 5.33. The van der Waals surface area contributed by atoms with E-state index in [2.05, 4.69) is 13.8 Å². The summed E-state index contributed by atoms with van der Waals surface area (Å²) in [5.74, 6) is 0.919. The van der Waals surface area contributed by atoms with Crippen molar-refractivity contribution in [1.82, 2.24) is 0 Å². The lowest BCUT2D eigenvalue weighted by Gasteiger charge is -2.17. The van der Waals surface area contributed by atoms with Gasteiger partial charge in [0.05, 0.1) is 21.7 Å². The molecule has 2 nitrogen and oxygen atoms in total. The van der Waals surface area contributed by atoms with Gasteiger partial charge in [-0.15, -0.1) is 0 Å². The van der Waals surface area contributed by atoms with Crippen LogP contribution in [0, 0.1) is 5.92 Å². The maximum absolute atomic E-state index is 5.98. The van der Waals surface area contributed by atoms with E-state index in [1.54, 1.807) is 19.1 Å². The van der Waals surface area contributed by atoms with Crippen LogP contribution in [0.15, 0.2) is 12.1 Å². The summed E-state index contributed by atoms with van der Waals surface area (Å²) in [4.78, 5) is 0. The summed E-state index contributed by atoms with van der Waals surface area (Å²) in [6, 6.07) is 3.14. The minimum absolute atomic E-state index is 0.382. The summed E-state index contributed by atoms with van der Waals surface area (Å²) in [6.45, 7) is 6.57. The molecule has 1 aromatic carbocycles. The third-order valence-electron chi connectivity index (χ3n) is 1.93. The molecular weight excluding hydrogens is 282 g/mol. The second-order valence-corrected chi connectivity index (χ2v) is 5.33. The standard InChI is InChI=1S/C12H15Cl3O2/c1-7(2)6-16-8(3)17-12-5-10(14)9(13)4-11(12)15/h4-5,7-8H,6H2,1-3H3. The Morgan fingerprint density at radius 1 is 1.00 bits per heavy atom. The number of hydrogen-bond acceptors (Lipinski definition) is 2. The van der Waals surface area contributed by atoms with E-state index in [-0.39, 0.29) is 6.29 Å². The number of benzene rings is 1. The van der Waals surface area contributed by atoms with Gasteiger partial charge >= 0.3 is 0 Å². The first-order valence-corrected chi connectivity index (χ1v) is 6.46. The minimum Gasteiger partial charge on any atom is -0.464 e. The molecule has 5 heteroatoms. The molecule has 0 aromatic heterocycles. The fraction of sp³-hybridized carbons (Fsp3) is 0.500. The Labute approximate surface area is 117 Å². The van der Waals surface area contributed by atoms with Crippen molar-refractivity contribution in [3.63, 3.8) is 0 Å². The molecule has 0 amide bonds. The molecule has 0 aliphatic heterocycles. The van der Waals surface area contributed by atoms with Crippen LogP contribution in [0.1, 0.15) is 20.8 Å². The smallest absolute Gasteiger partial charge is 0.197 e. The fourth-order valence-electron chi connectivity index (χ4n) is 1.14. The zero-order valence-corrected chi connectivity index (χ0v) is 12.2. The van der Waals surface area contributed by atoms with E-state index in [1.165, 1.54) is 0 Å². The number of ether oxygens (including phenoxy) is 2. The van der Waals surface area contributed by atoms with Gasteiger partial charge in [0.15, 0.2) is 6.29 Å². The molecule has 1 atom stereocenters. The number of halogens is 3. The summed E-state index contributed by atoms with van der Waals surface area (Å²) in [5.41, 5.74) is 0. The second-order valence-electron chi connectivity index (χ2n) is 4.11. The van der Waals surface area contributed by atoms with Gasteiger partial charge in [-0.3, -0.25) is 0 Å². The molecule has 0 fully saturated rings. The molecule has 1 aromatic rings. The van der Waals surface area contributed by atoms with Gasteiger partial charge in [-0.1, -0.05) is 48.7 Å². The Morgan fingerprint density at radius 3 is 2.18 bits per heavy atom. The summed E-state index contributed by atoms with van der Waals surface area (Å²) in [5, 5.41) is 1.22. The van der Waals surface area contributed by atoms with Gasteiger partial charge in [-0.2, -0.15) is 0 Å². The van der Waals surface area contributed by atoms with Gasteiger partial charge in [-0.25, -0.2) is 0 Å². The molecule has 0 aliphatic carbocycles. The van der Waals surface area contributed by atoms with Crippen LogP contribution in [0.3, 0.4) is 0 Å². The molecule has 0 aliphatic rings. The third kappa shape index (κ3) is 4.92. The van der Waals surface area contributed by atoms with Crippen LogP contribution < -0.4 is 4.74 Å². The summed E-state index contributed by atoms with van der Waals surface area (Å²) >= 11 is 17.7. The van der Waals surface area contributed by atoms with E-state index < -0.39 is 0 Å². The van der Waals surface area contributed by atoms with Crippen molar-refractivity contribution in [1.29, 1.82) is 0 Å². The van der Waals surface area contributed by atoms with Crippen LogP contribution in [-0.4, -0.2) is 12.9 Å². The highest BCUT2D eigenvalue weighted by Crippen LogP contribution is 2.34. The zero-order valence-electron chi connectivity index (χ0n) is 9.97. The monoisotopic (exact) mass is 296 g/mol. The third-order valence-corrected chi connectivity index (χ3v) is 2.95. The molecule has 1 unspecified atom stereocenters. The lowest BCUT2D eigenvalue weighted by Crippen LogP contribution is -2.19. The van der Waals surface area contributed by atoms with Crippen LogP contribution >= 0.6 is 34.8 Å². The summed E-state index contributed by atoms with van der Waals surface area (Å²) in [6.07, 6.45) is -0.382. The van der Waals surface area contributed by atoms with Gasteiger partial charge in [0.25, 0.3) is 0 Å². The van der Waals surface area contributed by atoms with E-state index in [1.807, 2.05) is 0 Å². The van der Waals surface area contributed by atoms with Crippen molar-refractivity contribution in [2.75, 3.05) is 6.61 Å². The predicted molar refractivity (Wildman–Crippen MR) is 72.4 cm³/mol. The molecule has 96 valence electrons. The van der Waals surface area contributed by atoms with E-state index in [0.717, 1.165) is 0 Å². The lowest BCUT2D eigenvalue weighted by molar-refractivity contribution is -0.0755. The van der Waals surface area contributed by atoms with Crippen molar-refractivity contribution in [3.8, 4) is 5.75 Å². The van der Waals surface area contributed by atoms with Crippen molar-refractivity contribution in [2.45, 2.75) is 27.1 Å². The first-order chi connectivity index (χ1) is 7.90. The van der Waals surface area contributed by atoms with Gasteiger partial charge in [-0.05, 0) is 18.9 Å². The van der Waals surface area contributed by atoms with Gasteiger partial charge in [0, 0.05) is 6.07 Å². The molecule has 1 rings (SSSR count). The van der Waals surface area contributed by atoms with Crippen molar-refractivity contribution < 1.29 is 9.47 Å². The van der Waals surface area contributed by atoms with Crippen LogP contribution in [0.2, 0.25) is 15.1 Å². The second kappa shape index (κ2) is 6.69. The lowest BCUT2D eigenvalue weighted by atomic mass is 10.2. The average Bonchev–Trinajstić information content (AvgIpc) is 2.23. The minimum atomic E-state index is -0.382. The van der Waals surface area contributed by atoms with E-state index in [4.69, 9.17) is 44.3 Å².